The van der Waals surface area contributed by atoms with Crippen molar-refractivity contribution in [2.24, 2.45) is 0 Å². The number of aliphatic hydroxyl groups is 3. The molecule has 82 valence electrons. The van der Waals surface area contributed by atoms with Crippen LogP contribution in [0.15, 0.2) is 0 Å². The molecule has 0 spiro atoms. The van der Waals surface area contributed by atoms with Crippen molar-refractivity contribution < 1.29 is 30.0 Å². The minimum atomic E-state index is -1.45. The average molecular weight is 209 g/mol. The Morgan fingerprint density at radius 1 is 1.50 bits per heavy atom. The predicted molar refractivity (Wildman–Crippen MR) is 40.5 cm³/mol. The summed E-state index contributed by atoms with van der Waals surface area (Å²) in [7, 11) is 0. The average Bonchev–Trinajstić information content (AvgIpc) is 2.09. The third kappa shape index (κ3) is 2.51. The Hall–Kier alpha value is -0.960. The number of hydrogen-bond acceptors (Lipinski definition) is 7. The summed E-state index contributed by atoms with van der Waals surface area (Å²) in [5.74, 6) is 0. The number of hydrogen-bond donors (Lipinski definition) is 3. The molecule has 8 heteroatoms. The molecule has 1 saturated heterocycles. The van der Waals surface area contributed by atoms with Crippen molar-refractivity contribution in [1.82, 2.24) is 0 Å². The molecule has 1 fully saturated rings. The van der Waals surface area contributed by atoms with Crippen molar-refractivity contribution in [2.45, 2.75) is 31.0 Å². The molecule has 4 atom stereocenters. The molecule has 0 radical (unpaired) electrons. The minimum Gasteiger partial charge on any atom is -0.394 e. The van der Waals surface area contributed by atoms with Gasteiger partial charge in [-0.1, -0.05) is 0 Å². The van der Waals surface area contributed by atoms with Crippen LogP contribution in [0.1, 0.15) is 6.42 Å². The van der Waals surface area contributed by atoms with E-state index in [2.05, 4.69) is 4.84 Å². The van der Waals surface area contributed by atoms with Gasteiger partial charge in [0.2, 0.25) is 6.29 Å². The van der Waals surface area contributed by atoms with Gasteiger partial charge >= 0.3 is 0 Å². The maximum atomic E-state index is 9.96. The highest BCUT2D eigenvalue weighted by atomic mass is 17.0. The molecular formula is C6H11NO7. The Morgan fingerprint density at radius 2 is 2.14 bits per heavy atom. The molecule has 3 N–H and O–H groups in total. The fourth-order valence-electron chi connectivity index (χ4n) is 1.21. The quantitative estimate of drug-likeness (QED) is 0.363. The van der Waals surface area contributed by atoms with E-state index in [1.54, 1.807) is 0 Å². The second kappa shape index (κ2) is 4.51. The van der Waals surface area contributed by atoms with Crippen LogP contribution >= 0.6 is 0 Å². The van der Waals surface area contributed by atoms with Gasteiger partial charge in [-0.3, -0.25) is 4.84 Å². The van der Waals surface area contributed by atoms with Crippen LogP contribution in [0.3, 0.4) is 0 Å². The minimum absolute atomic E-state index is 0.135. The molecule has 0 aromatic carbocycles. The monoisotopic (exact) mass is 209 g/mol. The second-order valence-corrected chi connectivity index (χ2v) is 2.92. The van der Waals surface area contributed by atoms with Crippen LogP contribution < -0.4 is 0 Å². The van der Waals surface area contributed by atoms with E-state index in [-0.39, 0.29) is 6.42 Å². The molecule has 1 rings (SSSR count). The summed E-state index contributed by atoms with van der Waals surface area (Å²) in [4.78, 5) is 14.0. The highest BCUT2D eigenvalue weighted by molar-refractivity contribution is 4.79. The van der Waals surface area contributed by atoms with Crippen LogP contribution in [0.4, 0.5) is 0 Å². The van der Waals surface area contributed by atoms with E-state index in [9.17, 15) is 20.3 Å². The van der Waals surface area contributed by atoms with Crippen molar-refractivity contribution in [3.8, 4) is 0 Å². The van der Waals surface area contributed by atoms with Crippen molar-refractivity contribution >= 4 is 0 Å². The van der Waals surface area contributed by atoms with Gasteiger partial charge in [0.05, 0.1) is 12.7 Å². The smallest absolute Gasteiger partial charge is 0.297 e. The zero-order chi connectivity index (χ0) is 10.7. The van der Waals surface area contributed by atoms with Gasteiger partial charge in [-0.25, -0.2) is 0 Å². The largest absolute Gasteiger partial charge is 0.394 e. The van der Waals surface area contributed by atoms with E-state index in [0.717, 1.165) is 0 Å². The molecule has 14 heavy (non-hydrogen) atoms. The van der Waals surface area contributed by atoms with Gasteiger partial charge in [0.25, 0.3) is 5.09 Å². The van der Waals surface area contributed by atoms with E-state index in [1.807, 2.05) is 0 Å². The van der Waals surface area contributed by atoms with E-state index >= 15 is 0 Å². The van der Waals surface area contributed by atoms with Gasteiger partial charge in [-0.2, -0.15) is 0 Å². The number of ether oxygens (including phenoxy) is 1. The molecule has 1 aliphatic heterocycles. The maximum Gasteiger partial charge on any atom is 0.297 e. The summed E-state index contributed by atoms with van der Waals surface area (Å²) in [6.07, 6.45) is -4.89. The lowest BCUT2D eigenvalue weighted by atomic mass is 10.0. The van der Waals surface area contributed by atoms with Crippen LogP contribution in [-0.4, -0.2) is 51.6 Å². The zero-order valence-corrected chi connectivity index (χ0v) is 7.15. The van der Waals surface area contributed by atoms with Gasteiger partial charge in [-0.05, 0) is 0 Å². The SMILES string of the molecule is O=[N+]([O-])O[C@@H]1O[C@H](CO)[C@H](O)C[C@H]1O. The van der Waals surface area contributed by atoms with Gasteiger partial charge in [0.15, 0.2) is 0 Å². The molecule has 0 saturated carbocycles. The van der Waals surface area contributed by atoms with Crippen molar-refractivity contribution in [1.29, 1.82) is 0 Å². The lowest BCUT2D eigenvalue weighted by Crippen LogP contribution is -2.50. The van der Waals surface area contributed by atoms with Crippen LogP contribution in [-0.2, 0) is 9.57 Å². The summed E-state index contributed by atoms with van der Waals surface area (Å²) in [5, 5.41) is 36.0. The standard InChI is InChI=1S/C6H11NO7/c8-2-5-3(9)1-4(10)6(13-5)14-7(11)12/h3-6,8-10H,1-2H2/t3-,4-,5-,6+/m1/s1. The lowest BCUT2D eigenvalue weighted by molar-refractivity contribution is -0.785. The van der Waals surface area contributed by atoms with Crippen LogP contribution in [0.2, 0.25) is 0 Å². The molecule has 0 aliphatic carbocycles. The number of nitrogens with zero attached hydrogens (tertiary/aromatic N) is 1. The van der Waals surface area contributed by atoms with Gasteiger partial charge in [0, 0.05) is 6.42 Å². The van der Waals surface area contributed by atoms with Crippen LogP contribution in [0.25, 0.3) is 0 Å². The van der Waals surface area contributed by atoms with Crippen molar-refractivity contribution in [2.75, 3.05) is 6.61 Å². The number of rotatable bonds is 3. The highest BCUT2D eigenvalue weighted by Gasteiger charge is 2.37. The first-order valence-electron chi connectivity index (χ1n) is 3.98. The van der Waals surface area contributed by atoms with E-state index < -0.39 is 36.3 Å². The number of aliphatic hydroxyl groups excluding tert-OH is 3. The first-order chi connectivity index (χ1) is 6.54. The first kappa shape index (κ1) is 11.1. The summed E-state index contributed by atoms with van der Waals surface area (Å²) in [5.41, 5.74) is 0. The Morgan fingerprint density at radius 3 is 2.64 bits per heavy atom. The topological polar surface area (TPSA) is 122 Å². The molecule has 1 aliphatic rings. The molecule has 8 nitrogen and oxygen atoms in total. The fraction of sp³-hybridized carbons (Fsp3) is 1.00. The van der Waals surface area contributed by atoms with Gasteiger partial charge < -0.3 is 20.1 Å². The molecule has 0 aromatic heterocycles. The molecule has 0 bridgehead atoms. The van der Waals surface area contributed by atoms with Crippen LogP contribution in [0.5, 0.6) is 0 Å². The summed E-state index contributed by atoms with van der Waals surface area (Å²) in [6.45, 7) is -0.495. The zero-order valence-electron chi connectivity index (χ0n) is 7.15. The van der Waals surface area contributed by atoms with Gasteiger partial charge in [0.1, 0.15) is 12.2 Å². The van der Waals surface area contributed by atoms with Crippen molar-refractivity contribution in [3.05, 3.63) is 10.1 Å². The van der Waals surface area contributed by atoms with Crippen LogP contribution in [0, 0.1) is 10.1 Å². The summed E-state index contributed by atoms with van der Waals surface area (Å²) in [6, 6.07) is 0. The highest BCUT2D eigenvalue weighted by Crippen LogP contribution is 2.20. The Bertz CT molecular complexity index is 210. The molecule has 1 heterocycles. The first-order valence-corrected chi connectivity index (χ1v) is 3.98. The fourth-order valence-corrected chi connectivity index (χ4v) is 1.21. The molecule has 0 amide bonds. The third-order valence-electron chi connectivity index (χ3n) is 1.91. The third-order valence-corrected chi connectivity index (χ3v) is 1.91. The Labute approximate surface area is 78.8 Å². The van der Waals surface area contributed by atoms with Gasteiger partial charge in [-0.15, -0.1) is 10.1 Å². The maximum absolute atomic E-state index is 9.96. The molecule has 0 unspecified atom stereocenters. The molecular weight excluding hydrogens is 198 g/mol. The lowest BCUT2D eigenvalue weighted by Gasteiger charge is -2.34. The van der Waals surface area contributed by atoms with E-state index in [0.29, 0.717) is 0 Å². The predicted octanol–water partition coefficient (Wildman–Crippen LogP) is -1.98. The van der Waals surface area contributed by atoms with E-state index in [4.69, 9.17) is 9.84 Å². The summed E-state index contributed by atoms with van der Waals surface area (Å²) >= 11 is 0. The normalized spacial score (nSPS) is 37.9. The molecule has 0 aromatic rings. The Kier molecular flexibility index (Phi) is 3.58. The van der Waals surface area contributed by atoms with E-state index in [1.165, 1.54) is 0 Å². The Balaban J connectivity index is 2.55. The van der Waals surface area contributed by atoms with Crippen molar-refractivity contribution in [3.63, 3.8) is 0 Å². The summed E-state index contributed by atoms with van der Waals surface area (Å²) < 4.78 is 4.76. The second-order valence-electron chi connectivity index (χ2n) is 2.92.